The molecular formula is C18H28ClN3O3. The molecule has 25 heavy (non-hydrogen) atoms. The second kappa shape index (κ2) is 10.4. The maximum Gasteiger partial charge on any atom is 0.253 e. The van der Waals surface area contributed by atoms with E-state index in [1.54, 1.807) is 24.3 Å². The number of likely N-dealkylation sites (tertiary alicyclic amines) is 1. The first-order valence-electron chi connectivity index (χ1n) is 8.45. The van der Waals surface area contributed by atoms with Crippen LogP contribution in [0.25, 0.3) is 0 Å². The molecule has 7 heteroatoms. The van der Waals surface area contributed by atoms with Crippen molar-refractivity contribution in [3.05, 3.63) is 29.8 Å². The average molecular weight is 370 g/mol. The van der Waals surface area contributed by atoms with E-state index in [4.69, 9.17) is 10.5 Å². The van der Waals surface area contributed by atoms with Crippen LogP contribution in [0, 0.1) is 5.92 Å². The summed E-state index contributed by atoms with van der Waals surface area (Å²) in [6, 6.07) is 7.02. The fraction of sp³-hybridized carbons (Fsp3) is 0.556. The summed E-state index contributed by atoms with van der Waals surface area (Å²) in [5.74, 6) is 0.592. The van der Waals surface area contributed by atoms with Crippen LogP contribution in [0.1, 0.15) is 36.5 Å². The molecule has 2 amide bonds. The number of amides is 2. The van der Waals surface area contributed by atoms with Gasteiger partial charge in [0.05, 0.1) is 12.5 Å². The molecule has 3 N–H and O–H groups in total. The molecule has 0 bridgehead atoms. The zero-order valence-corrected chi connectivity index (χ0v) is 15.7. The van der Waals surface area contributed by atoms with E-state index in [9.17, 15) is 9.59 Å². The van der Waals surface area contributed by atoms with Crippen molar-refractivity contribution in [3.8, 4) is 0 Å². The zero-order valence-electron chi connectivity index (χ0n) is 14.9. The first-order chi connectivity index (χ1) is 11.5. The zero-order chi connectivity index (χ0) is 17.5. The normalized spacial score (nSPS) is 16.0. The van der Waals surface area contributed by atoms with Gasteiger partial charge in [-0.1, -0.05) is 6.92 Å². The van der Waals surface area contributed by atoms with Crippen LogP contribution in [0.5, 0.6) is 0 Å². The SMILES string of the molecule is COC(CN)CC(=O)Nc1ccc(C(=O)N2CCC(C)CC2)cc1.Cl. The number of methoxy groups -OCH3 is 1. The summed E-state index contributed by atoms with van der Waals surface area (Å²) in [6.45, 7) is 4.15. The molecule has 1 heterocycles. The number of anilines is 1. The Bertz CT molecular complexity index is 553. The van der Waals surface area contributed by atoms with Crippen molar-refractivity contribution < 1.29 is 14.3 Å². The van der Waals surface area contributed by atoms with Gasteiger partial charge in [-0.2, -0.15) is 0 Å². The Balaban J connectivity index is 0.00000312. The molecule has 0 radical (unpaired) electrons. The fourth-order valence-electron chi connectivity index (χ4n) is 2.77. The van der Waals surface area contributed by atoms with Crippen LogP contribution >= 0.6 is 12.4 Å². The number of carbonyl (C=O) groups is 2. The van der Waals surface area contributed by atoms with E-state index in [2.05, 4.69) is 12.2 Å². The highest BCUT2D eigenvalue weighted by molar-refractivity contribution is 5.96. The summed E-state index contributed by atoms with van der Waals surface area (Å²) in [4.78, 5) is 26.3. The number of nitrogens with one attached hydrogen (secondary N) is 1. The molecule has 0 spiro atoms. The van der Waals surface area contributed by atoms with Crippen LogP contribution < -0.4 is 11.1 Å². The van der Waals surface area contributed by atoms with Gasteiger partial charge in [0, 0.05) is 38.0 Å². The number of halogens is 1. The van der Waals surface area contributed by atoms with Crippen LogP contribution in [0.2, 0.25) is 0 Å². The third-order valence-electron chi connectivity index (χ3n) is 4.50. The van der Waals surface area contributed by atoms with Crippen LogP contribution in [-0.4, -0.2) is 49.6 Å². The molecule has 140 valence electrons. The van der Waals surface area contributed by atoms with Crippen LogP contribution in [0.4, 0.5) is 5.69 Å². The topological polar surface area (TPSA) is 84.7 Å². The van der Waals surface area contributed by atoms with E-state index in [1.807, 2.05) is 4.90 Å². The molecular weight excluding hydrogens is 342 g/mol. The van der Waals surface area contributed by atoms with Crippen LogP contribution in [0.3, 0.4) is 0 Å². The molecule has 0 aromatic heterocycles. The van der Waals surface area contributed by atoms with Gasteiger partial charge >= 0.3 is 0 Å². The summed E-state index contributed by atoms with van der Waals surface area (Å²) in [5.41, 5.74) is 6.83. The highest BCUT2D eigenvalue weighted by Gasteiger charge is 2.21. The Morgan fingerprint density at radius 1 is 1.28 bits per heavy atom. The molecule has 1 aliphatic heterocycles. The molecule has 1 unspecified atom stereocenters. The average Bonchev–Trinajstić information content (AvgIpc) is 2.60. The van der Waals surface area contributed by atoms with E-state index in [1.165, 1.54) is 7.11 Å². The standard InChI is InChI=1S/C18H27N3O3.ClH/c1-13-7-9-21(10-8-13)18(23)14-3-5-15(6-4-14)20-17(22)11-16(12-19)24-2;/h3-6,13,16H,7-12,19H2,1-2H3,(H,20,22);1H. The van der Waals surface area contributed by atoms with E-state index >= 15 is 0 Å². The highest BCUT2D eigenvalue weighted by atomic mass is 35.5. The molecule has 0 saturated carbocycles. The minimum absolute atomic E-state index is 0. The van der Waals surface area contributed by atoms with E-state index in [-0.39, 0.29) is 36.7 Å². The molecule has 1 fully saturated rings. The van der Waals surface area contributed by atoms with Gasteiger partial charge in [-0.05, 0) is 43.0 Å². The summed E-state index contributed by atoms with van der Waals surface area (Å²) in [5, 5.41) is 2.79. The van der Waals surface area contributed by atoms with Crippen molar-refractivity contribution in [1.82, 2.24) is 4.90 Å². The van der Waals surface area contributed by atoms with Gasteiger partial charge in [-0.3, -0.25) is 9.59 Å². The van der Waals surface area contributed by atoms with Crippen molar-refractivity contribution in [1.29, 1.82) is 0 Å². The molecule has 1 atom stereocenters. The minimum atomic E-state index is -0.285. The lowest BCUT2D eigenvalue weighted by Crippen LogP contribution is -2.37. The van der Waals surface area contributed by atoms with E-state index < -0.39 is 0 Å². The van der Waals surface area contributed by atoms with Crippen molar-refractivity contribution in [2.75, 3.05) is 32.1 Å². The van der Waals surface area contributed by atoms with Gasteiger partial charge in [0.15, 0.2) is 0 Å². The Kier molecular flexibility index (Phi) is 8.89. The van der Waals surface area contributed by atoms with E-state index in [0.717, 1.165) is 25.9 Å². The third-order valence-corrected chi connectivity index (χ3v) is 4.50. The summed E-state index contributed by atoms with van der Waals surface area (Å²) in [7, 11) is 1.53. The van der Waals surface area contributed by atoms with E-state index in [0.29, 0.717) is 23.7 Å². The Labute approximate surface area is 155 Å². The van der Waals surface area contributed by atoms with Gasteiger partial charge in [0.25, 0.3) is 5.91 Å². The number of hydrogen-bond donors (Lipinski definition) is 2. The Hall–Kier alpha value is -1.63. The third kappa shape index (κ3) is 6.30. The second-order valence-electron chi connectivity index (χ2n) is 6.40. The van der Waals surface area contributed by atoms with Gasteiger partial charge in [0.2, 0.25) is 5.91 Å². The lowest BCUT2D eigenvalue weighted by atomic mass is 9.98. The first kappa shape index (κ1) is 21.4. The Morgan fingerprint density at radius 3 is 2.40 bits per heavy atom. The monoisotopic (exact) mass is 369 g/mol. The second-order valence-corrected chi connectivity index (χ2v) is 6.40. The summed E-state index contributed by atoms with van der Waals surface area (Å²) < 4.78 is 5.10. The molecule has 1 aliphatic rings. The van der Waals surface area contributed by atoms with Crippen LogP contribution in [0.15, 0.2) is 24.3 Å². The first-order valence-corrected chi connectivity index (χ1v) is 8.45. The van der Waals surface area contributed by atoms with Gasteiger partial charge in [0.1, 0.15) is 0 Å². The molecule has 2 rings (SSSR count). The minimum Gasteiger partial charge on any atom is -0.380 e. The highest BCUT2D eigenvalue weighted by Crippen LogP contribution is 2.19. The van der Waals surface area contributed by atoms with Gasteiger partial charge < -0.3 is 20.7 Å². The molecule has 6 nitrogen and oxygen atoms in total. The number of piperidine rings is 1. The number of nitrogens with two attached hydrogens (primary N) is 1. The van der Waals surface area contributed by atoms with Crippen molar-refractivity contribution in [2.24, 2.45) is 11.7 Å². The molecule has 1 aromatic carbocycles. The molecule has 1 saturated heterocycles. The predicted molar refractivity (Wildman–Crippen MR) is 101 cm³/mol. The maximum absolute atomic E-state index is 12.5. The lowest BCUT2D eigenvalue weighted by molar-refractivity contribution is -0.118. The van der Waals surface area contributed by atoms with Gasteiger partial charge in [-0.15, -0.1) is 12.4 Å². The number of nitrogens with zero attached hydrogens (tertiary/aromatic N) is 1. The number of hydrogen-bond acceptors (Lipinski definition) is 4. The predicted octanol–water partition coefficient (Wildman–Crippen LogP) is 2.28. The Morgan fingerprint density at radius 2 is 1.88 bits per heavy atom. The smallest absolute Gasteiger partial charge is 0.253 e. The number of benzene rings is 1. The summed E-state index contributed by atoms with van der Waals surface area (Å²) >= 11 is 0. The quantitative estimate of drug-likeness (QED) is 0.805. The number of rotatable bonds is 6. The maximum atomic E-state index is 12.5. The fourth-order valence-corrected chi connectivity index (χ4v) is 2.77. The largest absolute Gasteiger partial charge is 0.380 e. The molecule has 0 aliphatic carbocycles. The number of carbonyl (C=O) groups excluding carboxylic acids is 2. The molecule has 1 aromatic rings. The van der Waals surface area contributed by atoms with Crippen molar-refractivity contribution in [3.63, 3.8) is 0 Å². The van der Waals surface area contributed by atoms with Crippen molar-refractivity contribution in [2.45, 2.75) is 32.3 Å². The van der Waals surface area contributed by atoms with Gasteiger partial charge in [-0.25, -0.2) is 0 Å². The summed E-state index contributed by atoms with van der Waals surface area (Å²) in [6.07, 6.45) is 2.04. The number of ether oxygens (including phenoxy) is 1. The van der Waals surface area contributed by atoms with Crippen LogP contribution in [-0.2, 0) is 9.53 Å². The van der Waals surface area contributed by atoms with Crippen molar-refractivity contribution >= 4 is 29.9 Å². The lowest BCUT2D eigenvalue weighted by Gasteiger charge is -2.30.